The second-order valence-electron chi connectivity index (χ2n) is 5.27. The van der Waals surface area contributed by atoms with Crippen LogP contribution in [0.4, 0.5) is 0 Å². The van der Waals surface area contributed by atoms with Gasteiger partial charge >= 0.3 is 5.97 Å². The maximum absolute atomic E-state index is 11.4. The van der Waals surface area contributed by atoms with Gasteiger partial charge in [-0.2, -0.15) is 0 Å². The van der Waals surface area contributed by atoms with Crippen molar-refractivity contribution in [3.63, 3.8) is 0 Å². The molecular weight excluding hydrogens is 280 g/mol. The van der Waals surface area contributed by atoms with E-state index < -0.39 is 18.2 Å². The molecule has 0 aromatic carbocycles. The number of ether oxygens (including phenoxy) is 5. The van der Waals surface area contributed by atoms with Gasteiger partial charge in [-0.25, -0.2) is 4.79 Å². The molecule has 2 heterocycles. The number of rotatable bonds is 11. The number of aliphatic hydroxyl groups is 1. The summed E-state index contributed by atoms with van der Waals surface area (Å²) in [5.41, 5.74) is 0.308. The van der Waals surface area contributed by atoms with Gasteiger partial charge in [0, 0.05) is 5.57 Å². The number of hydrogen-bond donors (Lipinski definition) is 1. The third-order valence-electron chi connectivity index (χ3n) is 3.09. The maximum atomic E-state index is 11.4. The normalized spacial score (nSPS) is 26.0. The average molecular weight is 302 g/mol. The van der Waals surface area contributed by atoms with E-state index in [1.54, 1.807) is 6.92 Å². The Hall–Kier alpha value is -0.990. The van der Waals surface area contributed by atoms with Gasteiger partial charge in [0.2, 0.25) is 0 Å². The van der Waals surface area contributed by atoms with Crippen molar-refractivity contribution in [3.05, 3.63) is 12.2 Å². The number of carbonyl (C=O) groups excluding carboxylic acids is 1. The number of epoxide rings is 2. The summed E-state index contributed by atoms with van der Waals surface area (Å²) in [5, 5.41) is 9.47. The molecule has 0 amide bonds. The van der Waals surface area contributed by atoms with Crippen LogP contribution >= 0.6 is 0 Å². The lowest BCUT2D eigenvalue weighted by Gasteiger charge is -2.25. The molecule has 2 aliphatic heterocycles. The van der Waals surface area contributed by atoms with Gasteiger partial charge in [-0.1, -0.05) is 6.58 Å². The van der Waals surface area contributed by atoms with Crippen LogP contribution in [0.25, 0.3) is 0 Å². The standard InChI is InChI=1S/C14H22O7/c1-9(2)13(16)19-4-10(3-15)14(20-7-11-5-17-11)21-8-12-6-18-12/h10-12,14-15H,1,3-8H2,2H3. The van der Waals surface area contributed by atoms with Gasteiger partial charge in [-0.15, -0.1) is 0 Å². The van der Waals surface area contributed by atoms with Gasteiger partial charge in [0.05, 0.1) is 39.0 Å². The molecule has 0 radical (unpaired) electrons. The van der Waals surface area contributed by atoms with E-state index in [9.17, 15) is 9.90 Å². The summed E-state index contributed by atoms with van der Waals surface area (Å²) in [6.45, 7) is 6.99. The molecule has 120 valence electrons. The highest BCUT2D eigenvalue weighted by Crippen LogP contribution is 2.18. The Labute approximate surface area is 123 Å². The second kappa shape index (κ2) is 7.86. The van der Waals surface area contributed by atoms with Gasteiger partial charge in [0.15, 0.2) is 6.29 Å². The SMILES string of the molecule is C=C(C)C(=O)OCC(CO)C(OCC1CO1)OCC1CO1. The zero-order valence-corrected chi connectivity index (χ0v) is 12.2. The van der Waals surface area contributed by atoms with Crippen molar-refractivity contribution in [2.45, 2.75) is 25.4 Å². The van der Waals surface area contributed by atoms with E-state index in [0.29, 0.717) is 32.0 Å². The van der Waals surface area contributed by atoms with Crippen LogP contribution in [0.15, 0.2) is 12.2 Å². The Morgan fingerprint density at radius 3 is 2.19 bits per heavy atom. The van der Waals surface area contributed by atoms with Crippen LogP contribution < -0.4 is 0 Å². The molecule has 0 spiro atoms. The number of carbonyl (C=O) groups is 1. The van der Waals surface area contributed by atoms with Crippen molar-refractivity contribution in [3.8, 4) is 0 Å². The maximum Gasteiger partial charge on any atom is 0.333 e. The molecule has 0 saturated carbocycles. The number of hydrogen-bond acceptors (Lipinski definition) is 7. The molecule has 0 aromatic rings. The minimum absolute atomic E-state index is 0.00388. The third kappa shape index (κ3) is 6.11. The summed E-state index contributed by atoms with van der Waals surface area (Å²) in [6, 6.07) is 0. The summed E-state index contributed by atoms with van der Waals surface area (Å²) in [5.74, 6) is -0.964. The first-order valence-electron chi connectivity index (χ1n) is 7.00. The first-order chi connectivity index (χ1) is 10.1. The summed E-state index contributed by atoms with van der Waals surface area (Å²) in [7, 11) is 0. The van der Waals surface area contributed by atoms with E-state index in [2.05, 4.69) is 6.58 Å². The molecule has 2 rings (SSSR count). The van der Waals surface area contributed by atoms with Crippen molar-refractivity contribution < 1.29 is 33.6 Å². The molecule has 2 saturated heterocycles. The molecule has 7 heteroatoms. The smallest absolute Gasteiger partial charge is 0.333 e. The molecule has 3 unspecified atom stereocenters. The number of aliphatic hydroxyl groups excluding tert-OH is 1. The van der Waals surface area contributed by atoms with Crippen molar-refractivity contribution in [2.24, 2.45) is 5.92 Å². The van der Waals surface area contributed by atoms with Gasteiger partial charge in [-0.05, 0) is 6.92 Å². The predicted octanol–water partition coefficient (Wildman–Crippen LogP) is -0.129. The third-order valence-corrected chi connectivity index (χ3v) is 3.09. The topological polar surface area (TPSA) is 90.1 Å². The molecule has 0 bridgehead atoms. The fourth-order valence-corrected chi connectivity index (χ4v) is 1.58. The first-order valence-corrected chi connectivity index (χ1v) is 7.00. The van der Waals surface area contributed by atoms with Crippen LogP contribution in [0.5, 0.6) is 0 Å². The fourth-order valence-electron chi connectivity index (χ4n) is 1.58. The Morgan fingerprint density at radius 1 is 1.29 bits per heavy atom. The Morgan fingerprint density at radius 2 is 1.81 bits per heavy atom. The summed E-state index contributed by atoms with van der Waals surface area (Å²) in [4.78, 5) is 11.4. The zero-order chi connectivity index (χ0) is 15.2. The van der Waals surface area contributed by atoms with Crippen LogP contribution in [0.3, 0.4) is 0 Å². The molecule has 0 aliphatic carbocycles. The largest absolute Gasteiger partial charge is 0.462 e. The Balaban J connectivity index is 1.79. The van der Waals surface area contributed by atoms with Crippen LogP contribution in [0.2, 0.25) is 0 Å². The lowest BCUT2D eigenvalue weighted by Crippen LogP contribution is -2.35. The van der Waals surface area contributed by atoms with E-state index in [1.165, 1.54) is 0 Å². The minimum atomic E-state index is -0.665. The monoisotopic (exact) mass is 302 g/mol. The van der Waals surface area contributed by atoms with Gasteiger partial charge in [-0.3, -0.25) is 0 Å². The summed E-state index contributed by atoms with van der Waals surface area (Å²) < 4.78 is 26.4. The highest BCUT2D eigenvalue weighted by Gasteiger charge is 2.31. The molecular formula is C14H22O7. The molecule has 7 nitrogen and oxygen atoms in total. The van der Waals surface area contributed by atoms with Gasteiger partial charge in [0.25, 0.3) is 0 Å². The lowest BCUT2D eigenvalue weighted by atomic mass is 10.1. The Kier molecular flexibility index (Phi) is 6.13. The molecule has 2 aliphatic rings. The second-order valence-corrected chi connectivity index (χ2v) is 5.27. The van der Waals surface area contributed by atoms with E-state index in [1.807, 2.05) is 0 Å². The van der Waals surface area contributed by atoms with Crippen LogP contribution in [-0.4, -0.2) is 69.2 Å². The van der Waals surface area contributed by atoms with Crippen molar-refractivity contribution in [1.29, 1.82) is 0 Å². The van der Waals surface area contributed by atoms with Crippen molar-refractivity contribution in [1.82, 2.24) is 0 Å². The molecule has 0 aromatic heterocycles. The van der Waals surface area contributed by atoms with Crippen LogP contribution in [0, 0.1) is 5.92 Å². The van der Waals surface area contributed by atoms with Crippen molar-refractivity contribution >= 4 is 5.97 Å². The lowest BCUT2D eigenvalue weighted by molar-refractivity contribution is -0.194. The fraction of sp³-hybridized carbons (Fsp3) is 0.786. The molecule has 2 fully saturated rings. The average Bonchev–Trinajstić information content (AvgIpc) is 3.35. The first kappa shape index (κ1) is 16.4. The van der Waals surface area contributed by atoms with Gasteiger partial charge < -0.3 is 28.8 Å². The Bertz CT molecular complexity index is 346. The molecule has 21 heavy (non-hydrogen) atoms. The summed E-state index contributed by atoms with van der Waals surface area (Å²) >= 11 is 0. The van der Waals surface area contributed by atoms with Crippen LogP contribution in [0.1, 0.15) is 6.92 Å². The zero-order valence-electron chi connectivity index (χ0n) is 12.2. The van der Waals surface area contributed by atoms with Crippen LogP contribution in [-0.2, 0) is 28.5 Å². The van der Waals surface area contributed by atoms with E-state index in [4.69, 9.17) is 23.7 Å². The van der Waals surface area contributed by atoms with E-state index in [0.717, 1.165) is 0 Å². The van der Waals surface area contributed by atoms with Gasteiger partial charge in [0.1, 0.15) is 18.8 Å². The predicted molar refractivity (Wildman–Crippen MR) is 71.5 cm³/mol. The molecule has 1 N–H and O–H groups in total. The highest BCUT2D eigenvalue weighted by molar-refractivity contribution is 5.86. The number of esters is 1. The molecule has 3 atom stereocenters. The van der Waals surface area contributed by atoms with Crippen molar-refractivity contribution in [2.75, 3.05) is 39.6 Å². The minimum Gasteiger partial charge on any atom is -0.462 e. The quantitative estimate of drug-likeness (QED) is 0.246. The van der Waals surface area contributed by atoms with E-state index in [-0.39, 0.29) is 25.4 Å². The highest BCUT2D eigenvalue weighted by atomic mass is 16.7. The van der Waals surface area contributed by atoms with E-state index >= 15 is 0 Å². The summed E-state index contributed by atoms with van der Waals surface area (Å²) in [6.07, 6.45) is -0.488.